The van der Waals surface area contributed by atoms with Crippen molar-refractivity contribution >= 4 is 27.5 Å². The van der Waals surface area contributed by atoms with Crippen molar-refractivity contribution in [2.24, 2.45) is 11.8 Å². The van der Waals surface area contributed by atoms with Gasteiger partial charge in [-0.15, -0.1) is 13.2 Å². The SMILES string of the molecule is CC(C)N(C(=O)C(CC1CC1)C(=O)NS(=O)(=O)c1ccc(OC(F)(F)F)cc1)c1ccc(F)cc1. The maximum Gasteiger partial charge on any atom is 0.573 e. The van der Waals surface area contributed by atoms with Crippen LogP contribution in [0.5, 0.6) is 5.75 Å². The zero-order valence-corrected chi connectivity index (χ0v) is 19.7. The van der Waals surface area contributed by atoms with E-state index in [4.69, 9.17) is 0 Å². The number of amides is 2. The van der Waals surface area contributed by atoms with Crippen molar-refractivity contribution in [2.75, 3.05) is 4.90 Å². The average molecular weight is 517 g/mol. The molecule has 0 radical (unpaired) electrons. The van der Waals surface area contributed by atoms with Crippen LogP contribution in [-0.2, 0) is 19.6 Å². The molecular formula is C23H24F4N2O5S. The quantitative estimate of drug-likeness (QED) is 0.394. The van der Waals surface area contributed by atoms with Crippen molar-refractivity contribution < 1.29 is 40.3 Å². The normalized spacial score (nSPS) is 14.9. The minimum absolute atomic E-state index is 0.0819. The van der Waals surface area contributed by atoms with E-state index in [-0.39, 0.29) is 12.3 Å². The lowest BCUT2D eigenvalue weighted by atomic mass is 9.98. The summed E-state index contributed by atoms with van der Waals surface area (Å²) in [4.78, 5) is 27.3. The molecule has 0 aliphatic heterocycles. The van der Waals surface area contributed by atoms with Gasteiger partial charge in [-0.3, -0.25) is 9.59 Å². The number of hydrogen-bond donors (Lipinski definition) is 1. The molecule has 0 aromatic heterocycles. The first kappa shape index (κ1) is 26.5. The highest BCUT2D eigenvalue weighted by atomic mass is 32.2. The second kappa shape index (κ2) is 10.2. The van der Waals surface area contributed by atoms with Gasteiger partial charge in [-0.25, -0.2) is 17.5 Å². The van der Waals surface area contributed by atoms with Crippen LogP contribution in [0.15, 0.2) is 53.4 Å². The third kappa shape index (κ3) is 7.17. The number of alkyl halides is 3. The molecule has 0 bridgehead atoms. The lowest BCUT2D eigenvalue weighted by molar-refractivity contribution is -0.274. The number of benzene rings is 2. The second-order valence-electron chi connectivity index (χ2n) is 8.50. The number of rotatable bonds is 9. The molecule has 1 aliphatic rings. The van der Waals surface area contributed by atoms with Gasteiger partial charge in [0.15, 0.2) is 0 Å². The molecule has 1 fully saturated rings. The molecule has 1 N–H and O–H groups in total. The fourth-order valence-corrected chi connectivity index (χ4v) is 4.56. The van der Waals surface area contributed by atoms with Crippen molar-refractivity contribution in [3.8, 4) is 5.75 Å². The third-order valence-corrected chi connectivity index (χ3v) is 6.70. The van der Waals surface area contributed by atoms with E-state index in [1.54, 1.807) is 13.8 Å². The van der Waals surface area contributed by atoms with Gasteiger partial charge >= 0.3 is 6.36 Å². The van der Waals surface area contributed by atoms with Crippen molar-refractivity contribution in [2.45, 2.75) is 50.4 Å². The Bertz CT molecular complexity index is 1160. The predicted molar refractivity (Wildman–Crippen MR) is 118 cm³/mol. The number of sulfonamides is 1. The molecule has 12 heteroatoms. The summed E-state index contributed by atoms with van der Waals surface area (Å²) >= 11 is 0. The lowest BCUT2D eigenvalue weighted by Gasteiger charge is -2.30. The minimum atomic E-state index is -4.95. The number of anilines is 1. The van der Waals surface area contributed by atoms with E-state index in [0.29, 0.717) is 5.69 Å². The van der Waals surface area contributed by atoms with Gasteiger partial charge in [0.25, 0.3) is 10.0 Å². The van der Waals surface area contributed by atoms with Gasteiger partial charge in [-0.1, -0.05) is 12.8 Å². The molecule has 0 heterocycles. The monoisotopic (exact) mass is 516 g/mol. The zero-order chi connectivity index (χ0) is 26.0. The van der Waals surface area contributed by atoms with Crippen LogP contribution in [-0.4, -0.2) is 32.6 Å². The lowest BCUT2D eigenvalue weighted by Crippen LogP contribution is -2.48. The molecule has 1 atom stereocenters. The van der Waals surface area contributed by atoms with E-state index in [1.807, 2.05) is 4.72 Å². The molecule has 1 aliphatic carbocycles. The standard InChI is InChI=1S/C23H24F4N2O5S/c1-14(2)29(17-7-5-16(24)6-8-17)22(31)20(13-15-3-4-15)21(30)28-35(32,33)19-11-9-18(10-12-19)34-23(25,26)27/h5-12,14-15,20H,3-4,13H2,1-2H3,(H,28,30). The Balaban J connectivity index is 1.82. The molecule has 2 aromatic rings. The fourth-order valence-electron chi connectivity index (χ4n) is 3.54. The van der Waals surface area contributed by atoms with Gasteiger partial charge < -0.3 is 9.64 Å². The molecule has 1 unspecified atom stereocenters. The number of carbonyl (C=O) groups excluding carboxylic acids is 2. The predicted octanol–water partition coefficient (Wildman–Crippen LogP) is 4.39. The summed E-state index contributed by atoms with van der Waals surface area (Å²) in [5.74, 6) is -4.08. The van der Waals surface area contributed by atoms with Crippen LogP contribution in [0.4, 0.5) is 23.2 Å². The maximum atomic E-state index is 13.4. The van der Waals surface area contributed by atoms with Gasteiger partial charge in [0.2, 0.25) is 11.8 Å². The third-order valence-electron chi connectivity index (χ3n) is 5.34. The fraction of sp³-hybridized carbons (Fsp3) is 0.391. The van der Waals surface area contributed by atoms with Crippen LogP contribution in [0.1, 0.15) is 33.1 Å². The smallest absolute Gasteiger partial charge is 0.406 e. The van der Waals surface area contributed by atoms with Crippen LogP contribution in [0, 0.1) is 17.7 Å². The summed E-state index contributed by atoms with van der Waals surface area (Å²) in [6, 6.07) is 8.01. The molecule has 3 rings (SSSR count). The van der Waals surface area contributed by atoms with E-state index < -0.39 is 56.6 Å². The van der Waals surface area contributed by atoms with E-state index in [9.17, 15) is 35.6 Å². The summed E-state index contributed by atoms with van der Waals surface area (Å²) in [6.07, 6.45) is -3.23. The maximum absolute atomic E-state index is 13.4. The molecule has 2 amide bonds. The van der Waals surface area contributed by atoms with Crippen LogP contribution in [0.3, 0.4) is 0 Å². The average Bonchev–Trinajstić information content (AvgIpc) is 3.56. The number of nitrogens with one attached hydrogen (secondary N) is 1. The van der Waals surface area contributed by atoms with E-state index in [1.165, 1.54) is 29.2 Å². The van der Waals surface area contributed by atoms with E-state index in [2.05, 4.69) is 4.74 Å². The van der Waals surface area contributed by atoms with Gasteiger partial charge in [0.1, 0.15) is 17.5 Å². The van der Waals surface area contributed by atoms with Gasteiger partial charge in [-0.2, -0.15) is 0 Å². The molecule has 0 saturated heterocycles. The molecule has 1 saturated carbocycles. The highest BCUT2D eigenvalue weighted by Crippen LogP contribution is 2.37. The largest absolute Gasteiger partial charge is 0.573 e. The Morgan fingerprint density at radius 1 is 1.06 bits per heavy atom. The Kier molecular flexibility index (Phi) is 7.73. The first-order valence-corrected chi connectivity index (χ1v) is 12.3. The summed E-state index contributed by atoms with van der Waals surface area (Å²) in [5, 5.41) is 0. The van der Waals surface area contributed by atoms with Gasteiger partial charge in [0.05, 0.1) is 4.90 Å². The van der Waals surface area contributed by atoms with Gasteiger partial charge in [0, 0.05) is 11.7 Å². The first-order valence-electron chi connectivity index (χ1n) is 10.8. The molecule has 2 aromatic carbocycles. The Hall–Kier alpha value is -3.15. The highest BCUT2D eigenvalue weighted by molar-refractivity contribution is 7.90. The van der Waals surface area contributed by atoms with Crippen LogP contribution in [0.2, 0.25) is 0 Å². The summed E-state index contributed by atoms with van der Waals surface area (Å²) in [5.41, 5.74) is 0.350. The van der Waals surface area contributed by atoms with Crippen LogP contribution in [0.25, 0.3) is 0 Å². The van der Waals surface area contributed by atoms with Crippen LogP contribution >= 0.6 is 0 Å². The summed E-state index contributed by atoms with van der Waals surface area (Å²) < 4.78 is 81.4. The molecule has 35 heavy (non-hydrogen) atoms. The molecule has 7 nitrogen and oxygen atoms in total. The van der Waals surface area contributed by atoms with Crippen molar-refractivity contribution in [1.82, 2.24) is 4.72 Å². The van der Waals surface area contributed by atoms with E-state index >= 15 is 0 Å². The first-order chi connectivity index (χ1) is 16.3. The van der Waals surface area contributed by atoms with Crippen molar-refractivity contribution in [1.29, 1.82) is 0 Å². The second-order valence-corrected chi connectivity index (χ2v) is 10.2. The Labute approximate surface area is 200 Å². The Morgan fingerprint density at radius 3 is 2.11 bits per heavy atom. The van der Waals surface area contributed by atoms with Crippen molar-refractivity contribution in [3.05, 3.63) is 54.3 Å². The molecule has 0 spiro atoms. The number of ether oxygens (including phenoxy) is 1. The molecular weight excluding hydrogens is 492 g/mol. The number of hydrogen-bond acceptors (Lipinski definition) is 5. The summed E-state index contributed by atoms with van der Waals surface area (Å²) in [6.45, 7) is 3.41. The number of nitrogens with zero attached hydrogens (tertiary/aromatic N) is 1. The topological polar surface area (TPSA) is 92.8 Å². The van der Waals surface area contributed by atoms with Gasteiger partial charge in [-0.05, 0) is 74.7 Å². The molecule has 190 valence electrons. The summed E-state index contributed by atoms with van der Waals surface area (Å²) in [7, 11) is -4.49. The van der Waals surface area contributed by atoms with Crippen molar-refractivity contribution in [3.63, 3.8) is 0 Å². The number of halogens is 4. The van der Waals surface area contributed by atoms with Crippen LogP contribution < -0.4 is 14.4 Å². The minimum Gasteiger partial charge on any atom is -0.406 e. The van der Waals surface area contributed by atoms with E-state index in [0.717, 1.165) is 37.1 Å². The number of carbonyl (C=O) groups is 2. The highest BCUT2D eigenvalue weighted by Gasteiger charge is 2.39. The zero-order valence-electron chi connectivity index (χ0n) is 18.9. The Morgan fingerprint density at radius 2 is 1.63 bits per heavy atom.